The third kappa shape index (κ3) is 4.86. The first-order valence-electron chi connectivity index (χ1n) is 6.80. The first-order chi connectivity index (χ1) is 10.5. The van der Waals surface area contributed by atoms with Crippen molar-refractivity contribution in [3.63, 3.8) is 0 Å². The highest BCUT2D eigenvalue weighted by Gasteiger charge is 2.07. The molecule has 1 aromatic heterocycles. The van der Waals surface area contributed by atoms with Gasteiger partial charge in [-0.05, 0) is 48.6 Å². The number of rotatable bonds is 5. The van der Waals surface area contributed by atoms with Crippen LogP contribution in [0.5, 0.6) is 0 Å². The summed E-state index contributed by atoms with van der Waals surface area (Å²) in [6.07, 6.45) is 2.98. The molecule has 0 aliphatic rings. The zero-order valence-electron chi connectivity index (χ0n) is 12.5. The molecule has 0 atom stereocenters. The summed E-state index contributed by atoms with van der Waals surface area (Å²) in [6, 6.07) is 9.57. The van der Waals surface area contributed by atoms with E-state index in [1.165, 1.54) is 17.4 Å². The minimum Gasteiger partial charge on any atom is -0.452 e. The molecule has 1 aromatic carbocycles. The van der Waals surface area contributed by atoms with Crippen molar-refractivity contribution >= 4 is 35.0 Å². The van der Waals surface area contributed by atoms with Crippen LogP contribution in [0.1, 0.15) is 16.0 Å². The molecule has 0 radical (unpaired) electrons. The Morgan fingerprint density at radius 3 is 2.82 bits per heavy atom. The third-order valence-electron chi connectivity index (χ3n) is 2.94. The molecule has 0 unspecified atom stereocenters. The predicted molar refractivity (Wildman–Crippen MR) is 88.9 cm³/mol. The molecule has 4 nitrogen and oxygen atoms in total. The summed E-state index contributed by atoms with van der Waals surface area (Å²) in [5, 5.41) is 4.66. The van der Waals surface area contributed by atoms with Gasteiger partial charge in [0, 0.05) is 16.6 Å². The summed E-state index contributed by atoms with van der Waals surface area (Å²) in [6.45, 7) is 3.55. The lowest BCUT2D eigenvalue weighted by molar-refractivity contribution is -0.142. The van der Waals surface area contributed by atoms with Crippen molar-refractivity contribution in [1.82, 2.24) is 0 Å². The largest absolute Gasteiger partial charge is 0.452 e. The van der Waals surface area contributed by atoms with Gasteiger partial charge in [0.2, 0.25) is 0 Å². The number of benzene rings is 1. The van der Waals surface area contributed by atoms with Crippen LogP contribution in [0.3, 0.4) is 0 Å². The van der Waals surface area contributed by atoms with Gasteiger partial charge in [-0.3, -0.25) is 4.79 Å². The maximum atomic E-state index is 11.8. The van der Waals surface area contributed by atoms with Gasteiger partial charge in [0.1, 0.15) is 0 Å². The molecular weight excluding hydrogens is 298 g/mol. The fraction of sp³-hybridized carbons (Fsp3) is 0.176. The molecule has 0 saturated heterocycles. The number of anilines is 1. The Hall–Kier alpha value is -2.40. The molecule has 22 heavy (non-hydrogen) atoms. The molecule has 1 amide bonds. The Labute approximate surface area is 133 Å². The van der Waals surface area contributed by atoms with Crippen LogP contribution in [-0.2, 0) is 14.3 Å². The van der Waals surface area contributed by atoms with Gasteiger partial charge in [0.15, 0.2) is 6.61 Å². The number of hydrogen-bond donors (Lipinski definition) is 1. The number of nitrogens with one attached hydrogen (secondary N) is 1. The smallest absolute Gasteiger partial charge is 0.331 e. The van der Waals surface area contributed by atoms with Gasteiger partial charge in [-0.15, -0.1) is 11.3 Å². The minimum absolute atomic E-state index is 0.305. The summed E-state index contributed by atoms with van der Waals surface area (Å²) >= 11 is 1.52. The lowest BCUT2D eigenvalue weighted by Gasteiger charge is -2.09. The van der Waals surface area contributed by atoms with Crippen LogP contribution in [0.4, 0.5) is 5.69 Å². The molecule has 1 N–H and O–H groups in total. The molecule has 114 valence electrons. The molecule has 0 bridgehead atoms. The van der Waals surface area contributed by atoms with Gasteiger partial charge < -0.3 is 10.1 Å². The van der Waals surface area contributed by atoms with Crippen LogP contribution in [0.2, 0.25) is 0 Å². The van der Waals surface area contributed by atoms with Crippen molar-refractivity contribution in [2.45, 2.75) is 13.8 Å². The van der Waals surface area contributed by atoms with Gasteiger partial charge in [-0.2, -0.15) is 0 Å². The highest BCUT2D eigenvalue weighted by Crippen LogP contribution is 2.16. The standard InChI is InChI=1S/C17H17NO3S/c1-12-5-6-13(2)15(10-12)18-16(19)11-21-17(20)8-7-14-4-3-9-22-14/h3-10H,11H2,1-2H3,(H,18,19)/b8-7+. The molecule has 0 aliphatic heterocycles. The number of esters is 1. The van der Waals surface area contributed by atoms with E-state index in [1.807, 2.05) is 49.6 Å². The Kier molecular flexibility index (Phi) is 5.49. The summed E-state index contributed by atoms with van der Waals surface area (Å²) in [5.74, 6) is -0.893. The minimum atomic E-state index is -0.537. The molecule has 0 fully saturated rings. The van der Waals surface area contributed by atoms with Crippen molar-refractivity contribution in [2.75, 3.05) is 11.9 Å². The maximum Gasteiger partial charge on any atom is 0.331 e. The quantitative estimate of drug-likeness (QED) is 0.678. The van der Waals surface area contributed by atoms with Crippen LogP contribution in [0.25, 0.3) is 6.08 Å². The third-order valence-corrected chi connectivity index (χ3v) is 3.78. The van der Waals surface area contributed by atoms with E-state index in [2.05, 4.69) is 5.32 Å². The number of thiophene rings is 1. The van der Waals surface area contributed by atoms with Crippen molar-refractivity contribution in [2.24, 2.45) is 0 Å². The number of carbonyl (C=O) groups excluding carboxylic acids is 2. The average molecular weight is 315 g/mol. The molecular formula is C17H17NO3S. The summed E-state index contributed by atoms with van der Waals surface area (Å²) in [4.78, 5) is 24.3. The molecule has 0 saturated carbocycles. The van der Waals surface area contributed by atoms with Crippen molar-refractivity contribution in [1.29, 1.82) is 0 Å². The first kappa shape index (κ1) is 16.0. The molecule has 2 rings (SSSR count). The Bertz CT molecular complexity index is 690. The van der Waals surface area contributed by atoms with E-state index in [-0.39, 0.29) is 12.5 Å². The van der Waals surface area contributed by atoms with Gasteiger partial charge in [-0.25, -0.2) is 4.79 Å². The van der Waals surface area contributed by atoms with E-state index in [9.17, 15) is 9.59 Å². The van der Waals surface area contributed by atoms with E-state index in [4.69, 9.17) is 4.74 Å². The summed E-state index contributed by atoms with van der Waals surface area (Å²) < 4.78 is 4.91. The Morgan fingerprint density at radius 1 is 1.27 bits per heavy atom. The fourth-order valence-corrected chi connectivity index (χ4v) is 2.40. The number of carbonyl (C=O) groups is 2. The number of aryl methyl sites for hydroxylation is 2. The van der Waals surface area contributed by atoms with Crippen molar-refractivity contribution in [3.05, 3.63) is 57.8 Å². The normalized spacial score (nSPS) is 10.6. The molecule has 0 aliphatic carbocycles. The van der Waals surface area contributed by atoms with Gasteiger partial charge in [0.25, 0.3) is 5.91 Å². The number of hydrogen-bond acceptors (Lipinski definition) is 4. The summed E-state index contributed by atoms with van der Waals surface area (Å²) in [7, 11) is 0. The molecule has 2 aromatic rings. The van der Waals surface area contributed by atoms with Crippen LogP contribution in [-0.4, -0.2) is 18.5 Å². The zero-order valence-corrected chi connectivity index (χ0v) is 13.3. The zero-order chi connectivity index (χ0) is 15.9. The van der Waals surface area contributed by atoms with Crippen LogP contribution < -0.4 is 5.32 Å². The van der Waals surface area contributed by atoms with E-state index in [0.29, 0.717) is 0 Å². The van der Waals surface area contributed by atoms with E-state index in [1.54, 1.807) is 6.08 Å². The van der Waals surface area contributed by atoms with Crippen LogP contribution in [0.15, 0.2) is 41.8 Å². The molecule has 5 heteroatoms. The summed E-state index contributed by atoms with van der Waals surface area (Å²) in [5.41, 5.74) is 2.75. The Balaban J connectivity index is 1.82. The highest BCUT2D eigenvalue weighted by molar-refractivity contribution is 7.10. The number of ether oxygens (including phenoxy) is 1. The topological polar surface area (TPSA) is 55.4 Å². The maximum absolute atomic E-state index is 11.8. The fourth-order valence-electron chi connectivity index (χ4n) is 1.78. The van der Waals surface area contributed by atoms with Crippen LogP contribution in [0, 0.1) is 13.8 Å². The second kappa shape index (κ2) is 7.56. The average Bonchev–Trinajstić information content (AvgIpc) is 3.00. The van der Waals surface area contributed by atoms with Gasteiger partial charge in [-0.1, -0.05) is 18.2 Å². The highest BCUT2D eigenvalue weighted by atomic mass is 32.1. The van der Waals surface area contributed by atoms with Crippen LogP contribution >= 0.6 is 11.3 Å². The van der Waals surface area contributed by atoms with E-state index in [0.717, 1.165) is 21.7 Å². The van der Waals surface area contributed by atoms with E-state index < -0.39 is 5.97 Å². The number of amides is 1. The molecule has 0 spiro atoms. The van der Waals surface area contributed by atoms with Crippen molar-refractivity contribution in [3.8, 4) is 0 Å². The first-order valence-corrected chi connectivity index (χ1v) is 7.68. The predicted octanol–water partition coefficient (Wildman–Crippen LogP) is 3.56. The Morgan fingerprint density at radius 2 is 2.09 bits per heavy atom. The van der Waals surface area contributed by atoms with E-state index >= 15 is 0 Å². The van der Waals surface area contributed by atoms with Gasteiger partial charge >= 0.3 is 5.97 Å². The SMILES string of the molecule is Cc1ccc(C)c(NC(=O)COC(=O)/C=C/c2cccs2)c1. The van der Waals surface area contributed by atoms with Crippen molar-refractivity contribution < 1.29 is 14.3 Å². The second-order valence-electron chi connectivity index (χ2n) is 4.82. The van der Waals surface area contributed by atoms with Gasteiger partial charge in [0.05, 0.1) is 0 Å². The molecule has 1 heterocycles. The monoisotopic (exact) mass is 315 g/mol. The lowest BCUT2D eigenvalue weighted by atomic mass is 10.1. The lowest BCUT2D eigenvalue weighted by Crippen LogP contribution is -2.20. The second-order valence-corrected chi connectivity index (χ2v) is 5.80.